The van der Waals surface area contributed by atoms with E-state index in [0.717, 1.165) is 5.56 Å². The van der Waals surface area contributed by atoms with Crippen LogP contribution in [0.4, 0.5) is 14.5 Å². The third-order valence-electron chi connectivity index (χ3n) is 6.58. The number of carboxylic acid groups (broad SMARTS) is 1. The van der Waals surface area contributed by atoms with Gasteiger partial charge in [0.1, 0.15) is 34.7 Å². The van der Waals surface area contributed by atoms with Crippen molar-refractivity contribution in [1.29, 1.82) is 0 Å². The molecule has 216 valence electrons. The van der Waals surface area contributed by atoms with E-state index in [4.69, 9.17) is 20.8 Å². The van der Waals surface area contributed by atoms with E-state index in [1.54, 1.807) is 30.5 Å². The summed E-state index contributed by atoms with van der Waals surface area (Å²) in [5.41, 5.74) is 1.88. The summed E-state index contributed by atoms with van der Waals surface area (Å²) in [6, 6.07) is 10.5. The minimum atomic E-state index is -1.53. The molecule has 9 nitrogen and oxygen atoms in total. The summed E-state index contributed by atoms with van der Waals surface area (Å²) in [6.07, 6.45) is 1.38. The number of ether oxygens (including phenoxy) is 3. The smallest absolute Gasteiger partial charge is 0.326 e. The molecule has 1 heterocycles. The van der Waals surface area contributed by atoms with Crippen LogP contribution in [-0.2, 0) is 22.6 Å². The summed E-state index contributed by atoms with van der Waals surface area (Å²) in [5, 5.41) is 12.7. The molecule has 0 aliphatic carbocycles. The van der Waals surface area contributed by atoms with Gasteiger partial charge in [-0.3, -0.25) is 9.78 Å². The van der Waals surface area contributed by atoms with Gasteiger partial charge in [-0.05, 0) is 48.4 Å². The minimum Gasteiger partial charge on any atom is -0.496 e. The molecular weight excluding hydrogens is 548 g/mol. The van der Waals surface area contributed by atoms with E-state index in [0.29, 0.717) is 64.4 Å². The fourth-order valence-corrected chi connectivity index (χ4v) is 4.64. The van der Waals surface area contributed by atoms with E-state index in [-0.39, 0.29) is 12.1 Å². The summed E-state index contributed by atoms with van der Waals surface area (Å²) in [7, 11) is 3.07. The first-order valence-electron chi connectivity index (χ1n) is 12.8. The highest BCUT2D eigenvalue weighted by Crippen LogP contribution is 2.43. The van der Waals surface area contributed by atoms with Gasteiger partial charge in [-0.2, -0.15) is 0 Å². The molecule has 1 atom stereocenters. The first-order chi connectivity index (χ1) is 20.2. The van der Waals surface area contributed by atoms with E-state index >= 15 is 0 Å². The van der Waals surface area contributed by atoms with Gasteiger partial charge in [-0.1, -0.05) is 18.2 Å². The monoisotopic (exact) mass is 575 g/mol. The van der Waals surface area contributed by atoms with Crippen LogP contribution in [0, 0.1) is 18.2 Å². The standard InChI is InChI=1S/C31H27F2N3O6/c1-5-42-16-17-11-25(40-3)27(26(12-17)41-4)21-9-8-18(20-7-6-10-35-29(20)21)13-24(31(38)39)36-30(37)28-22(32)14-19(34-2)15-23(28)33/h6-12,14-15,24H,5,13,16H2,1,3-4H3,(H,36,37)(H,38,39)/t24-/m0/s1. The zero-order chi connectivity index (χ0) is 30.4. The van der Waals surface area contributed by atoms with Crippen LogP contribution in [0.5, 0.6) is 11.5 Å². The number of carbonyl (C=O) groups excluding carboxylic acids is 1. The molecule has 0 unspecified atom stereocenters. The Morgan fingerprint density at radius 2 is 1.74 bits per heavy atom. The Hall–Kier alpha value is -5.08. The van der Waals surface area contributed by atoms with Crippen LogP contribution in [0.25, 0.3) is 26.9 Å². The number of nitrogens with one attached hydrogen (secondary N) is 1. The maximum atomic E-state index is 14.4. The van der Waals surface area contributed by atoms with Crippen molar-refractivity contribution in [2.75, 3.05) is 20.8 Å². The Kier molecular flexibility index (Phi) is 9.29. The van der Waals surface area contributed by atoms with Crippen LogP contribution in [0.15, 0.2) is 54.7 Å². The topological polar surface area (TPSA) is 111 Å². The van der Waals surface area contributed by atoms with Crippen molar-refractivity contribution in [3.8, 4) is 22.6 Å². The van der Waals surface area contributed by atoms with Gasteiger partial charge in [0.15, 0.2) is 5.69 Å². The highest BCUT2D eigenvalue weighted by Gasteiger charge is 2.27. The lowest BCUT2D eigenvalue weighted by atomic mass is 9.93. The Morgan fingerprint density at radius 1 is 1.07 bits per heavy atom. The van der Waals surface area contributed by atoms with Gasteiger partial charge in [-0.15, -0.1) is 0 Å². The molecule has 0 bridgehead atoms. The summed E-state index contributed by atoms with van der Waals surface area (Å²) in [5.74, 6) is -4.15. The van der Waals surface area contributed by atoms with Crippen molar-refractivity contribution >= 4 is 28.5 Å². The zero-order valence-corrected chi connectivity index (χ0v) is 23.0. The average molecular weight is 576 g/mol. The quantitative estimate of drug-likeness (QED) is 0.220. The molecule has 42 heavy (non-hydrogen) atoms. The summed E-state index contributed by atoms with van der Waals surface area (Å²) < 4.78 is 45.8. The van der Waals surface area contributed by atoms with Crippen LogP contribution >= 0.6 is 0 Å². The molecule has 1 amide bonds. The molecule has 1 aromatic heterocycles. The zero-order valence-electron chi connectivity index (χ0n) is 23.0. The summed E-state index contributed by atoms with van der Waals surface area (Å²) in [6.45, 7) is 9.71. The van der Waals surface area contributed by atoms with E-state index in [1.807, 2.05) is 19.1 Å². The first-order valence-corrected chi connectivity index (χ1v) is 12.8. The molecule has 4 aromatic rings. The van der Waals surface area contributed by atoms with Crippen molar-refractivity contribution in [3.63, 3.8) is 0 Å². The number of fused-ring (bicyclic) bond motifs is 1. The van der Waals surface area contributed by atoms with Gasteiger partial charge in [-0.25, -0.2) is 18.4 Å². The molecule has 2 N–H and O–H groups in total. The molecule has 0 fully saturated rings. The number of carboxylic acids is 1. The first kappa shape index (κ1) is 29.9. The lowest BCUT2D eigenvalue weighted by molar-refractivity contribution is -0.139. The predicted molar refractivity (Wildman–Crippen MR) is 151 cm³/mol. The highest BCUT2D eigenvalue weighted by atomic mass is 19.1. The second kappa shape index (κ2) is 13.1. The van der Waals surface area contributed by atoms with Crippen molar-refractivity contribution in [1.82, 2.24) is 10.3 Å². The lowest BCUT2D eigenvalue weighted by Crippen LogP contribution is -2.43. The molecule has 0 saturated heterocycles. The van der Waals surface area contributed by atoms with Gasteiger partial charge in [0.2, 0.25) is 0 Å². The number of nitrogens with zero attached hydrogens (tertiary/aromatic N) is 2. The number of methoxy groups -OCH3 is 2. The Balaban J connectivity index is 1.74. The number of aliphatic carboxylic acids is 1. The van der Waals surface area contributed by atoms with Crippen LogP contribution in [0.2, 0.25) is 0 Å². The van der Waals surface area contributed by atoms with Gasteiger partial charge in [0.05, 0.1) is 38.5 Å². The number of hydrogen-bond donors (Lipinski definition) is 2. The molecule has 3 aromatic carbocycles. The fraction of sp³-hybridized carbons (Fsp3) is 0.226. The Bertz CT molecular complexity index is 1650. The average Bonchev–Trinajstić information content (AvgIpc) is 2.98. The van der Waals surface area contributed by atoms with Crippen LogP contribution in [-0.4, -0.2) is 48.8 Å². The summed E-state index contributed by atoms with van der Waals surface area (Å²) >= 11 is 0. The molecule has 11 heteroatoms. The van der Waals surface area contributed by atoms with Gasteiger partial charge < -0.3 is 24.6 Å². The van der Waals surface area contributed by atoms with Crippen molar-refractivity contribution < 1.29 is 37.7 Å². The van der Waals surface area contributed by atoms with E-state index < -0.39 is 35.1 Å². The molecular formula is C31H27F2N3O6. The fourth-order valence-electron chi connectivity index (χ4n) is 4.64. The number of hydrogen-bond acceptors (Lipinski definition) is 6. The maximum Gasteiger partial charge on any atom is 0.326 e. The Labute approximate surface area is 240 Å². The maximum absolute atomic E-state index is 14.4. The number of pyridine rings is 1. The minimum absolute atomic E-state index is 0.214. The van der Waals surface area contributed by atoms with Crippen molar-refractivity contribution in [3.05, 3.63) is 94.5 Å². The normalized spacial score (nSPS) is 11.5. The third kappa shape index (κ3) is 6.14. The number of benzene rings is 3. The molecule has 0 aliphatic heterocycles. The SMILES string of the molecule is [C-]#[N+]c1cc(F)c(C(=O)N[C@@H](Cc2ccc(-c3c(OC)cc(COCC)cc3OC)c3ncccc23)C(=O)O)c(F)c1. The highest BCUT2D eigenvalue weighted by molar-refractivity contribution is 6.00. The van der Waals surface area contributed by atoms with Gasteiger partial charge >= 0.3 is 5.97 Å². The number of amides is 1. The van der Waals surface area contributed by atoms with Crippen molar-refractivity contribution in [2.45, 2.75) is 26.0 Å². The lowest BCUT2D eigenvalue weighted by Gasteiger charge is -2.19. The second-order valence-corrected chi connectivity index (χ2v) is 9.15. The summed E-state index contributed by atoms with van der Waals surface area (Å²) in [4.78, 5) is 32.4. The molecule has 0 aliphatic rings. The molecule has 0 spiro atoms. The van der Waals surface area contributed by atoms with Crippen LogP contribution in [0.3, 0.4) is 0 Å². The molecule has 4 rings (SSSR count). The molecule has 0 radical (unpaired) electrons. The number of halogens is 2. The number of rotatable bonds is 11. The second-order valence-electron chi connectivity index (χ2n) is 9.15. The number of carbonyl (C=O) groups is 2. The van der Waals surface area contributed by atoms with E-state index in [9.17, 15) is 23.5 Å². The Morgan fingerprint density at radius 3 is 2.31 bits per heavy atom. The van der Waals surface area contributed by atoms with E-state index in [1.165, 1.54) is 14.2 Å². The number of aromatic nitrogens is 1. The largest absolute Gasteiger partial charge is 0.496 e. The van der Waals surface area contributed by atoms with Gasteiger partial charge in [0, 0.05) is 30.2 Å². The van der Waals surface area contributed by atoms with Crippen LogP contribution in [0.1, 0.15) is 28.4 Å². The van der Waals surface area contributed by atoms with Gasteiger partial charge in [0.25, 0.3) is 5.91 Å². The third-order valence-corrected chi connectivity index (χ3v) is 6.58. The molecule has 0 saturated carbocycles. The predicted octanol–water partition coefficient (Wildman–Crippen LogP) is 5.71. The van der Waals surface area contributed by atoms with Crippen LogP contribution < -0.4 is 14.8 Å². The van der Waals surface area contributed by atoms with Crippen molar-refractivity contribution in [2.24, 2.45) is 0 Å². The van der Waals surface area contributed by atoms with E-state index in [2.05, 4.69) is 15.1 Å².